The molecule has 0 spiro atoms. The molecule has 4 aromatic rings. The van der Waals surface area contributed by atoms with Crippen molar-refractivity contribution in [1.82, 2.24) is 14.8 Å². The van der Waals surface area contributed by atoms with Gasteiger partial charge in [-0.2, -0.15) is 0 Å². The Morgan fingerprint density at radius 3 is 2.39 bits per heavy atom. The van der Waals surface area contributed by atoms with E-state index >= 15 is 0 Å². The first-order valence-corrected chi connectivity index (χ1v) is 12.5. The van der Waals surface area contributed by atoms with Crippen molar-refractivity contribution in [2.75, 3.05) is 11.1 Å². The molecule has 2 aromatic carbocycles. The molecule has 0 saturated carbocycles. The number of aromatic nitrogens is 3. The zero-order chi connectivity index (χ0) is 23.4. The molecule has 0 aliphatic heterocycles. The normalized spacial score (nSPS) is 10.9. The number of carbonyl (C=O) groups excluding carboxylic acids is 1. The summed E-state index contributed by atoms with van der Waals surface area (Å²) in [6.45, 7) is 10.7. The largest absolute Gasteiger partial charge is 0.325 e. The Hall–Kier alpha value is -3.16. The molecule has 2 heterocycles. The molecule has 1 N–H and O–H groups in total. The van der Waals surface area contributed by atoms with E-state index in [1.165, 1.54) is 27.8 Å². The van der Waals surface area contributed by atoms with Crippen LogP contribution in [0.15, 0.2) is 71.7 Å². The summed E-state index contributed by atoms with van der Waals surface area (Å²) in [5.74, 6) is 0.956. The van der Waals surface area contributed by atoms with Gasteiger partial charge in [0.2, 0.25) is 5.91 Å². The van der Waals surface area contributed by atoms with Crippen molar-refractivity contribution in [3.05, 3.63) is 82.6 Å². The number of nitrogens with zero attached hydrogens (tertiary/aromatic N) is 3. The number of hydrogen-bond acceptors (Lipinski definition) is 5. The number of hydrogen-bond donors (Lipinski definition) is 1. The predicted octanol–water partition coefficient (Wildman–Crippen LogP) is 6.52. The average molecular weight is 475 g/mol. The van der Waals surface area contributed by atoms with Crippen LogP contribution in [0.5, 0.6) is 0 Å². The molecular formula is C26H26N4OS2. The lowest BCUT2D eigenvalue weighted by Crippen LogP contribution is -2.14. The molecule has 0 aliphatic rings. The SMILES string of the molecule is C=CCn1c(SCC(=O)Nc2ccc(C)cc2)nnc1-c1csc(C)c1-c1ccc(C)cc1. The van der Waals surface area contributed by atoms with Crippen molar-refractivity contribution in [3.8, 4) is 22.5 Å². The first kappa shape index (κ1) is 23.0. The Labute approximate surface area is 202 Å². The van der Waals surface area contributed by atoms with E-state index in [9.17, 15) is 4.79 Å². The van der Waals surface area contributed by atoms with E-state index in [2.05, 4.69) is 65.6 Å². The topological polar surface area (TPSA) is 59.8 Å². The maximum Gasteiger partial charge on any atom is 0.234 e. The summed E-state index contributed by atoms with van der Waals surface area (Å²) in [6, 6.07) is 16.3. The monoisotopic (exact) mass is 474 g/mol. The van der Waals surface area contributed by atoms with E-state index in [1.807, 2.05) is 41.8 Å². The summed E-state index contributed by atoms with van der Waals surface area (Å²) in [5.41, 5.74) is 6.55. The van der Waals surface area contributed by atoms with Gasteiger partial charge in [-0.25, -0.2) is 0 Å². The number of thioether (sulfide) groups is 1. The van der Waals surface area contributed by atoms with E-state index < -0.39 is 0 Å². The lowest BCUT2D eigenvalue weighted by atomic mass is 10.0. The number of amides is 1. The van der Waals surface area contributed by atoms with Crippen molar-refractivity contribution in [2.45, 2.75) is 32.5 Å². The molecule has 0 fully saturated rings. The summed E-state index contributed by atoms with van der Waals surface area (Å²) in [6.07, 6.45) is 1.83. The van der Waals surface area contributed by atoms with Crippen LogP contribution in [0.3, 0.4) is 0 Å². The van der Waals surface area contributed by atoms with Crippen LogP contribution in [0, 0.1) is 20.8 Å². The van der Waals surface area contributed by atoms with Gasteiger partial charge in [0.25, 0.3) is 0 Å². The van der Waals surface area contributed by atoms with E-state index in [4.69, 9.17) is 0 Å². The van der Waals surface area contributed by atoms with Crippen LogP contribution in [-0.4, -0.2) is 26.4 Å². The zero-order valence-electron chi connectivity index (χ0n) is 19.0. The zero-order valence-corrected chi connectivity index (χ0v) is 20.6. The fourth-order valence-corrected chi connectivity index (χ4v) is 5.16. The molecule has 33 heavy (non-hydrogen) atoms. The standard InChI is InChI=1S/C26H26N4OS2/c1-5-14-30-25(22-15-32-19(4)24(22)20-10-6-17(2)7-11-20)28-29-26(30)33-16-23(31)27-21-12-8-18(3)9-13-21/h5-13,15H,1,14,16H2,2-4H3,(H,27,31). The third kappa shape index (κ3) is 5.26. The highest BCUT2D eigenvalue weighted by Gasteiger charge is 2.20. The fraction of sp³-hybridized carbons (Fsp3) is 0.192. The lowest BCUT2D eigenvalue weighted by molar-refractivity contribution is -0.113. The quantitative estimate of drug-likeness (QED) is 0.233. The van der Waals surface area contributed by atoms with Gasteiger partial charge in [0.1, 0.15) is 0 Å². The Morgan fingerprint density at radius 2 is 1.73 bits per heavy atom. The van der Waals surface area contributed by atoms with Gasteiger partial charge >= 0.3 is 0 Å². The number of aryl methyl sites for hydroxylation is 3. The van der Waals surface area contributed by atoms with Gasteiger partial charge in [-0.3, -0.25) is 9.36 Å². The maximum atomic E-state index is 12.5. The van der Waals surface area contributed by atoms with E-state index in [0.29, 0.717) is 11.7 Å². The number of benzene rings is 2. The minimum absolute atomic E-state index is 0.0784. The number of carbonyl (C=O) groups is 1. The van der Waals surface area contributed by atoms with Crippen LogP contribution in [0.4, 0.5) is 5.69 Å². The minimum Gasteiger partial charge on any atom is -0.325 e. The predicted molar refractivity (Wildman–Crippen MR) is 139 cm³/mol. The third-order valence-corrected chi connectivity index (χ3v) is 7.13. The Kier molecular flexibility index (Phi) is 7.11. The maximum absolute atomic E-state index is 12.5. The Bertz CT molecular complexity index is 1270. The molecule has 0 atom stereocenters. The molecule has 0 aliphatic carbocycles. The second-order valence-corrected chi connectivity index (χ2v) is 9.88. The molecule has 2 aromatic heterocycles. The first-order valence-electron chi connectivity index (χ1n) is 10.6. The van der Waals surface area contributed by atoms with Gasteiger partial charge in [0, 0.05) is 33.6 Å². The van der Waals surface area contributed by atoms with Crippen LogP contribution in [-0.2, 0) is 11.3 Å². The van der Waals surface area contributed by atoms with Crippen LogP contribution < -0.4 is 5.32 Å². The van der Waals surface area contributed by atoms with Crippen molar-refractivity contribution in [1.29, 1.82) is 0 Å². The van der Waals surface area contributed by atoms with Gasteiger partial charge in [0.15, 0.2) is 11.0 Å². The fourth-order valence-electron chi connectivity index (χ4n) is 3.55. The molecule has 0 bridgehead atoms. The summed E-state index contributed by atoms with van der Waals surface area (Å²) in [7, 11) is 0. The van der Waals surface area contributed by atoms with Crippen molar-refractivity contribution >= 4 is 34.7 Å². The van der Waals surface area contributed by atoms with Crippen molar-refractivity contribution in [3.63, 3.8) is 0 Å². The first-order chi connectivity index (χ1) is 16.0. The second kappa shape index (κ2) is 10.2. The van der Waals surface area contributed by atoms with Crippen LogP contribution >= 0.6 is 23.1 Å². The average Bonchev–Trinajstić information content (AvgIpc) is 3.38. The highest BCUT2D eigenvalue weighted by Crippen LogP contribution is 2.39. The molecular weight excluding hydrogens is 448 g/mol. The number of rotatable bonds is 8. The van der Waals surface area contributed by atoms with E-state index in [1.54, 1.807) is 11.3 Å². The van der Waals surface area contributed by atoms with Gasteiger partial charge in [-0.15, -0.1) is 28.1 Å². The second-order valence-electron chi connectivity index (χ2n) is 7.85. The molecule has 0 saturated heterocycles. The highest BCUT2D eigenvalue weighted by molar-refractivity contribution is 7.99. The lowest BCUT2D eigenvalue weighted by Gasteiger charge is -2.10. The van der Waals surface area contributed by atoms with Crippen molar-refractivity contribution in [2.24, 2.45) is 0 Å². The molecule has 7 heteroatoms. The summed E-state index contributed by atoms with van der Waals surface area (Å²) < 4.78 is 2.02. The van der Waals surface area contributed by atoms with Crippen LogP contribution in [0.2, 0.25) is 0 Å². The third-order valence-electron chi connectivity index (χ3n) is 5.25. The molecule has 0 radical (unpaired) electrons. The molecule has 1 amide bonds. The minimum atomic E-state index is -0.0784. The van der Waals surface area contributed by atoms with Gasteiger partial charge in [-0.05, 0) is 38.5 Å². The highest BCUT2D eigenvalue weighted by atomic mass is 32.2. The van der Waals surface area contributed by atoms with Gasteiger partial charge in [0.05, 0.1) is 5.75 Å². The summed E-state index contributed by atoms with van der Waals surface area (Å²) in [5, 5.41) is 14.7. The summed E-state index contributed by atoms with van der Waals surface area (Å²) in [4.78, 5) is 13.7. The summed E-state index contributed by atoms with van der Waals surface area (Å²) >= 11 is 3.08. The Morgan fingerprint density at radius 1 is 1.06 bits per heavy atom. The molecule has 168 valence electrons. The Balaban J connectivity index is 1.57. The van der Waals surface area contributed by atoms with Crippen LogP contribution in [0.25, 0.3) is 22.5 Å². The van der Waals surface area contributed by atoms with E-state index in [0.717, 1.165) is 28.2 Å². The van der Waals surface area contributed by atoms with Crippen molar-refractivity contribution < 1.29 is 4.79 Å². The van der Waals surface area contributed by atoms with E-state index in [-0.39, 0.29) is 11.7 Å². The number of anilines is 1. The number of thiophene rings is 1. The van der Waals surface area contributed by atoms with Gasteiger partial charge in [-0.1, -0.05) is 65.4 Å². The van der Waals surface area contributed by atoms with Crippen LogP contribution in [0.1, 0.15) is 16.0 Å². The molecule has 5 nitrogen and oxygen atoms in total. The smallest absolute Gasteiger partial charge is 0.234 e. The number of nitrogens with one attached hydrogen (secondary N) is 1. The van der Waals surface area contributed by atoms with Gasteiger partial charge < -0.3 is 5.32 Å². The molecule has 0 unspecified atom stereocenters. The number of allylic oxidation sites excluding steroid dienone is 1. The molecule has 4 rings (SSSR count).